The molecule has 6 nitrogen and oxygen atoms in total. The number of carboxylic acid groups (broad SMARTS) is 1. The molecule has 0 radical (unpaired) electrons. The van der Waals surface area contributed by atoms with Crippen LogP contribution in [0, 0.1) is 6.92 Å². The molecule has 76 valence electrons. The molecule has 2 aromatic heterocycles. The van der Waals surface area contributed by atoms with Crippen LogP contribution in [-0.2, 0) is 0 Å². The lowest BCUT2D eigenvalue weighted by Crippen LogP contribution is -2.09. The van der Waals surface area contributed by atoms with Crippen molar-refractivity contribution in [2.45, 2.75) is 6.92 Å². The summed E-state index contributed by atoms with van der Waals surface area (Å²) in [7, 11) is 0. The lowest BCUT2D eigenvalue weighted by molar-refractivity contribution is 0.0683. The minimum atomic E-state index is -1.15. The molecule has 0 fully saturated rings. The summed E-state index contributed by atoms with van der Waals surface area (Å²) in [6, 6.07) is 3.40. The molecule has 2 rings (SSSR count). The van der Waals surface area contributed by atoms with E-state index in [1.54, 1.807) is 31.5 Å². The third-order valence-corrected chi connectivity index (χ3v) is 1.77. The van der Waals surface area contributed by atoms with Gasteiger partial charge in [0.15, 0.2) is 5.82 Å². The molecule has 0 amide bonds. The van der Waals surface area contributed by atoms with E-state index in [1.807, 2.05) is 0 Å². The SMILES string of the molecule is Cc1cc(-n2cccn2)nc(C(=O)O)n1. The fourth-order valence-electron chi connectivity index (χ4n) is 1.17. The second kappa shape index (κ2) is 3.49. The van der Waals surface area contributed by atoms with Gasteiger partial charge in [0.05, 0.1) is 0 Å². The maximum absolute atomic E-state index is 10.7. The molecule has 0 unspecified atom stereocenters. The van der Waals surface area contributed by atoms with Gasteiger partial charge in [0.25, 0.3) is 0 Å². The van der Waals surface area contributed by atoms with Gasteiger partial charge in [0.1, 0.15) is 0 Å². The predicted octanol–water partition coefficient (Wildman–Crippen LogP) is 0.669. The smallest absolute Gasteiger partial charge is 0.374 e. The minimum Gasteiger partial charge on any atom is -0.475 e. The van der Waals surface area contributed by atoms with Gasteiger partial charge in [-0.3, -0.25) is 0 Å². The largest absolute Gasteiger partial charge is 0.475 e. The maximum atomic E-state index is 10.7. The van der Waals surface area contributed by atoms with Gasteiger partial charge in [-0.15, -0.1) is 0 Å². The number of aromatic carboxylic acids is 1. The molecule has 0 aliphatic carbocycles. The number of carbonyl (C=O) groups is 1. The van der Waals surface area contributed by atoms with E-state index < -0.39 is 5.97 Å². The van der Waals surface area contributed by atoms with Crippen molar-refractivity contribution in [2.75, 3.05) is 0 Å². The van der Waals surface area contributed by atoms with E-state index in [0.717, 1.165) is 0 Å². The molecule has 0 spiro atoms. The Morgan fingerprint density at radius 1 is 1.47 bits per heavy atom. The highest BCUT2D eigenvalue weighted by Crippen LogP contribution is 2.05. The Bertz CT molecular complexity index is 493. The molecule has 1 N–H and O–H groups in total. The van der Waals surface area contributed by atoms with Crippen molar-refractivity contribution < 1.29 is 9.90 Å². The summed E-state index contributed by atoms with van der Waals surface area (Å²) in [5.41, 5.74) is 0.591. The topological polar surface area (TPSA) is 80.9 Å². The van der Waals surface area contributed by atoms with Crippen LogP contribution in [0.4, 0.5) is 0 Å². The highest BCUT2D eigenvalue weighted by atomic mass is 16.4. The summed E-state index contributed by atoms with van der Waals surface area (Å²) < 4.78 is 1.49. The van der Waals surface area contributed by atoms with Crippen molar-refractivity contribution in [1.82, 2.24) is 19.7 Å². The Hall–Kier alpha value is -2.24. The summed E-state index contributed by atoms with van der Waals surface area (Å²) in [4.78, 5) is 18.4. The van der Waals surface area contributed by atoms with Gasteiger partial charge in [-0.05, 0) is 13.0 Å². The van der Waals surface area contributed by atoms with Gasteiger partial charge >= 0.3 is 5.97 Å². The van der Waals surface area contributed by atoms with Crippen molar-refractivity contribution in [3.05, 3.63) is 36.0 Å². The fourth-order valence-corrected chi connectivity index (χ4v) is 1.17. The Balaban J connectivity index is 2.54. The highest BCUT2D eigenvalue weighted by molar-refractivity contribution is 5.83. The van der Waals surface area contributed by atoms with Crippen LogP contribution >= 0.6 is 0 Å². The summed E-state index contributed by atoms with van der Waals surface area (Å²) >= 11 is 0. The van der Waals surface area contributed by atoms with E-state index in [2.05, 4.69) is 15.1 Å². The van der Waals surface area contributed by atoms with Crippen molar-refractivity contribution in [1.29, 1.82) is 0 Å². The van der Waals surface area contributed by atoms with Gasteiger partial charge in [-0.1, -0.05) is 0 Å². The normalized spacial score (nSPS) is 10.2. The van der Waals surface area contributed by atoms with Gasteiger partial charge in [-0.25, -0.2) is 19.4 Å². The quantitative estimate of drug-likeness (QED) is 0.777. The van der Waals surface area contributed by atoms with E-state index in [9.17, 15) is 4.79 Å². The first-order chi connectivity index (χ1) is 7.16. The third-order valence-electron chi connectivity index (χ3n) is 1.77. The molecule has 6 heteroatoms. The van der Waals surface area contributed by atoms with Crippen LogP contribution in [0.2, 0.25) is 0 Å². The molecule has 0 atom stereocenters. The summed E-state index contributed by atoms with van der Waals surface area (Å²) in [6.45, 7) is 1.71. The Morgan fingerprint density at radius 3 is 2.87 bits per heavy atom. The van der Waals surface area contributed by atoms with E-state index in [-0.39, 0.29) is 5.82 Å². The standard InChI is InChI=1S/C9H8N4O2/c1-6-5-7(13-4-2-3-10-13)12-8(11-6)9(14)15/h2-5H,1H3,(H,14,15). The average Bonchev–Trinajstić information content (AvgIpc) is 2.69. The van der Waals surface area contributed by atoms with E-state index in [4.69, 9.17) is 5.11 Å². The highest BCUT2D eigenvalue weighted by Gasteiger charge is 2.10. The zero-order chi connectivity index (χ0) is 10.8. The van der Waals surface area contributed by atoms with Crippen LogP contribution < -0.4 is 0 Å². The first-order valence-corrected chi connectivity index (χ1v) is 4.26. The molecular formula is C9H8N4O2. The predicted molar refractivity (Wildman–Crippen MR) is 50.9 cm³/mol. The Morgan fingerprint density at radius 2 is 2.27 bits per heavy atom. The number of hydrogen-bond donors (Lipinski definition) is 1. The summed E-state index contributed by atoms with van der Waals surface area (Å²) in [5, 5.41) is 12.7. The molecule has 0 aliphatic heterocycles. The van der Waals surface area contributed by atoms with E-state index >= 15 is 0 Å². The Labute approximate surface area is 85.2 Å². The van der Waals surface area contributed by atoms with Crippen LogP contribution in [0.5, 0.6) is 0 Å². The minimum absolute atomic E-state index is 0.222. The van der Waals surface area contributed by atoms with Crippen LogP contribution in [0.15, 0.2) is 24.5 Å². The first kappa shape index (κ1) is 9.32. The van der Waals surface area contributed by atoms with Gasteiger partial charge in [0.2, 0.25) is 5.82 Å². The number of aromatic nitrogens is 4. The third kappa shape index (κ3) is 1.83. The molecule has 2 aromatic rings. The maximum Gasteiger partial charge on any atom is 0.374 e. The lowest BCUT2D eigenvalue weighted by atomic mass is 10.4. The van der Waals surface area contributed by atoms with Crippen molar-refractivity contribution in [3.63, 3.8) is 0 Å². The molecule has 0 saturated heterocycles. The van der Waals surface area contributed by atoms with Crippen molar-refractivity contribution in [3.8, 4) is 5.82 Å². The van der Waals surface area contributed by atoms with Crippen LogP contribution in [0.1, 0.15) is 16.3 Å². The van der Waals surface area contributed by atoms with Gasteiger partial charge in [0, 0.05) is 24.2 Å². The summed E-state index contributed by atoms with van der Waals surface area (Å²) in [6.07, 6.45) is 3.28. The molecule has 0 aromatic carbocycles. The fraction of sp³-hybridized carbons (Fsp3) is 0.111. The molecule has 15 heavy (non-hydrogen) atoms. The lowest BCUT2D eigenvalue weighted by Gasteiger charge is -2.02. The molecule has 0 saturated carbocycles. The zero-order valence-corrected chi connectivity index (χ0v) is 7.95. The van der Waals surface area contributed by atoms with Gasteiger partial charge in [-0.2, -0.15) is 5.10 Å². The number of carboxylic acids is 1. The second-order valence-corrected chi connectivity index (χ2v) is 2.95. The number of rotatable bonds is 2. The van der Waals surface area contributed by atoms with E-state index in [0.29, 0.717) is 11.5 Å². The number of hydrogen-bond acceptors (Lipinski definition) is 4. The molecular weight excluding hydrogens is 196 g/mol. The van der Waals surface area contributed by atoms with Crippen molar-refractivity contribution in [2.24, 2.45) is 0 Å². The summed E-state index contributed by atoms with van der Waals surface area (Å²) in [5.74, 6) is -0.919. The van der Waals surface area contributed by atoms with Gasteiger partial charge < -0.3 is 5.11 Å². The molecule has 0 bridgehead atoms. The monoisotopic (exact) mass is 204 g/mol. The van der Waals surface area contributed by atoms with Crippen LogP contribution in [0.3, 0.4) is 0 Å². The van der Waals surface area contributed by atoms with Crippen LogP contribution in [0.25, 0.3) is 5.82 Å². The van der Waals surface area contributed by atoms with E-state index in [1.165, 1.54) is 4.68 Å². The van der Waals surface area contributed by atoms with Crippen LogP contribution in [-0.4, -0.2) is 30.8 Å². The Kier molecular flexibility index (Phi) is 2.17. The van der Waals surface area contributed by atoms with Crippen molar-refractivity contribution >= 4 is 5.97 Å². The average molecular weight is 204 g/mol. The first-order valence-electron chi connectivity index (χ1n) is 4.26. The number of aryl methyl sites for hydroxylation is 1. The number of nitrogens with zero attached hydrogens (tertiary/aromatic N) is 4. The molecule has 2 heterocycles. The second-order valence-electron chi connectivity index (χ2n) is 2.95. The zero-order valence-electron chi connectivity index (χ0n) is 7.95. The molecule has 0 aliphatic rings.